The summed E-state index contributed by atoms with van der Waals surface area (Å²) >= 11 is 5.91. The molecule has 1 fully saturated rings. The third-order valence-corrected chi connectivity index (χ3v) is 3.72. The molecule has 88 valence electrons. The van der Waals surface area contributed by atoms with Gasteiger partial charge in [-0.3, -0.25) is 0 Å². The number of hydrogen-bond acceptors (Lipinski definition) is 3. The van der Waals surface area contributed by atoms with E-state index < -0.39 is 0 Å². The van der Waals surface area contributed by atoms with E-state index in [2.05, 4.69) is 35.6 Å². The van der Waals surface area contributed by atoms with Crippen molar-refractivity contribution in [3.8, 4) is 0 Å². The summed E-state index contributed by atoms with van der Waals surface area (Å²) in [5, 5.41) is 0.517. The number of aromatic nitrogens is 2. The Labute approximate surface area is 102 Å². The van der Waals surface area contributed by atoms with Gasteiger partial charge in [0.1, 0.15) is 17.3 Å². The molecular weight excluding hydrogens is 222 g/mol. The Bertz CT molecular complexity index is 369. The molecule has 0 N–H and O–H groups in total. The molecule has 0 spiro atoms. The van der Waals surface area contributed by atoms with E-state index in [0.29, 0.717) is 23.0 Å². The van der Waals surface area contributed by atoms with E-state index in [-0.39, 0.29) is 0 Å². The van der Waals surface area contributed by atoms with Crippen LogP contribution in [0.4, 0.5) is 5.82 Å². The number of hydrogen-bond donors (Lipinski definition) is 0. The van der Waals surface area contributed by atoms with E-state index in [0.717, 1.165) is 12.4 Å². The molecule has 0 radical (unpaired) electrons. The Morgan fingerprint density at radius 1 is 1.31 bits per heavy atom. The van der Waals surface area contributed by atoms with Crippen molar-refractivity contribution >= 4 is 17.4 Å². The minimum atomic E-state index is 0.516. The molecule has 3 unspecified atom stereocenters. The molecular formula is C12H18ClN3. The third kappa shape index (κ3) is 2.29. The topological polar surface area (TPSA) is 29.0 Å². The zero-order valence-corrected chi connectivity index (χ0v) is 10.8. The number of halogens is 1. The fraction of sp³-hybridized carbons (Fsp3) is 0.667. The van der Waals surface area contributed by atoms with Crippen molar-refractivity contribution in [3.63, 3.8) is 0 Å². The van der Waals surface area contributed by atoms with Crippen molar-refractivity contribution < 1.29 is 0 Å². The highest BCUT2D eigenvalue weighted by molar-refractivity contribution is 6.29. The molecule has 2 rings (SSSR count). The second kappa shape index (κ2) is 4.58. The highest BCUT2D eigenvalue weighted by Gasteiger charge is 2.29. The first-order chi connectivity index (χ1) is 7.58. The first kappa shape index (κ1) is 11.6. The largest absolute Gasteiger partial charge is 0.353 e. The fourth-order valence-electron chi connectivity index (χ4n) is 2.50. The monoisotopic (exact) mass is 239 g/mol. The smallest absolute Gasteiger partial charge is 0.134 e. The zero-order valence-electron chi connectivity index (χ0n) is 10.0. The highest BCUT2D eigenvalue weighted by atomic mass is 35.5. The summed E-state index contributed by atoms with van der Waals surface area (Å²) < 4.78 is 0. The molecule has 0 bridgehead atoms. The SMILES string of the molecule is CC1CC(C)C(C)N(c2cc(Cl)ncn2)C1. The molecule has 1 aromatic rings. The van der Waals surface area contributed by atoms with Gasteiger partial charge in [0, 0.05) is 18.7 Å². The van der Waals surface area contributed by atoms with Crippen molar-refractivity contribution in [1.29, 1.82) is 0 Å². The molecule has 2 heterocycles. The van der Waals surface area contributed by atoms with Crippen LogP contribution in [-0.4, -0.2) is 22.6 Å². The third-order valence-electron chi connectivity index (χ3n) is 3.51. The van der Waals surface area contributed by atoms with Crippen LogP contribution in [0.5, 0.6) is 0 Å². The van der Waals surface area contributed by atoms with Crippen LogP contribution in [0, 0.1) is 11.8 Å². The van der Waals surface area contributed by atoms with Crippen LogP contribution in [0.15, 0.2) is 12.4 Å². The Morgan fingerprint density at radius 3 is 2.75 bits per heavy atom. The summed E-state index contributed by atoms with van der Waals surface area (Å²) in [6.45, 7) is 7.90. The number of nitrogens with zero attached hydrogens (tertiary/aromatic N) is 3. The molecule has 1 aliphatic heterocycles. The number of piperidine rings is 1. The minimum absolute atomic E-state index is 0.516. The van der Waals surface area contributed by atoms with Crippen molar-refractivity contribution in [3.05, 3.63) is 17.5 Å². The van der Waals surface area contributed by atoms with Crippen molar-refractivity contribution in [2.75, 3.05) is 11.4 Å². The Kier molecular flexibility index (Phi) is 3.33. The van der Waals surface area contributed by atoms with Gasteiger partial charge in [-0.1, -0.05) is 25.4 Å². The Morgan fingerprint density at radius 2 is 2.06 bits per heavy atom. The molecule has 1 aromatic heterocycles. The fourth-order valence-corrected chi connectivity index (χ4v) is 2.64. The summed E-state index contributed by atoms with van der Waals surface area (Å²) in [6.07, 6.45) is 2.82. The minimum Gasteiger partial charge on any atom is -0.353 e. The molecule has 0 saturated carbocycles. The van der Waals surface area contributed by atoms with Gasteiger partial charge in [-0.25, -0.2) is 9.97 Å². The van der Waals surface area contributed by atoms with E-state index in [1.807, 2.05) is 6.07 Å². The summed E-state index contributed by atoms with van der Waals surface area (Å²) in [4.78, 5) is 10.6. The van der Waals surface area contributed by atoms with E-state index in [1.165, 1.54) is 12.7 Å². The lowest BCUT2D eigenvalue weighted by Crippen LogP contribution is -2.46. The lowest BCUT2D eigenvalue weighted by Gasteiger charge is -2.41. The zero-order chi connectivity index (χ0) is 11.7. The van der Waals surface area contributed by atoms with Gasteiger partial charge < -0.3 is 4.90 Å². The highest BCUT2D eigenvalue weighted by Crippen LogP contribution is 2.30. The van der Waals surface area contributed by atoms with Crippen LogP contribution in [0.2, 0.25) is 5.15 Å². The van der Waals surface area contributed by atoms with Gasteiger partial charge in [0.25, 0.3) is 0 Å². The maximum Gasteiger partial charge on any atom is 0.134 e. The number of anilines is 1. The average molecular weight is 240 g/mol. The molecule has 1 aliphatic rings. The van der Waals surface area contributed by atoms with Gasteiger partial charge in [-0.15, -0.1) is 0 Å². The van der Waals surface area contributed by atoms with Gasteiger partial charge in [0.15, 0.2) is 0 Å². The first-order valence-electron chi connectivity index (χ1n) is 5.82. The van der Waals surface area contributed by atoms with E-state index >= 15 is 0 Å². The predicted octanol–water partition coefficient (Wildman–Crippen LogP) is 3.00. The van der Waals surface area contributed by atoms with Crippen LogP contribution >= 0.6 is 11.6 Å². The summed E-state index contributed by atoms with van der Waals surface area (Å²) in [7, 11) is 0. The molecule has 0 aliphatic carbocycles. The van der Waals surface area contributed by atoms with Crippen LogP contribution < -0.4 is 4.90 Å². The Hall–Kier alpha value is -0.830. The van der Waals surface area contributed by atoms with E-state index in [1.54, 1.807) is 0 Å². The first-order valence-corrected chi connectivity index (χ1v) is 6.20. The maximum absolute atomic E-state index is 5.91. The van der Waals surface area contributed by atoms with E-state index in [4.69, 9.17) is 11.6 Å². The van der Waals surface area contributed by atoms with Gasteiger partial charge in [-0.05, 0) is 25.2 Å². The van der Waals surface area contributed by atoms with Gasteiger partial charge in [-0.2, -0.15) is 0 Å². The molecule has 4 heteroatoms. The van der Waals surface area contributed by atoms with Gasteiger partial charge in [0.2, 0.25) is 0 Å². The van der Waals surface area contributed by atoms with Crippen LogP contribution in [-0.2, 0) is 0 Å². The number of rotatable bonds is 1. The second-order valence-corrected chi connectivity index (χ2v) is 5.30. The van der Waals surface area contributed by atoms with Crippen molar-refractivity contribution in [2.24, 2.45) is 11.8 Å². The lowest BCUT2D eigenvalue weighted by atomic mass is 9.86. The Balaban J connectivity index is 2.25. The van der Waals surface area contributed by atoms with Gasteiger partial charge >= 0.3 is 0 Å². The predicted molar refractivity (Wildman–Crippen MR) is 66.8 cm³/mol. The van der Waals surface area contributed by atoms with Gasteiger partial charge in [0.05, 0.1) is 0 Å². The normalized spacial score (nSPS) is 30.5. The maximum atomic E-state index is 5.91. The summed E-state index contributed by atoms with van der Waals surface area (Å²) in [6, 6.07) is 2.37. The molecule has 3 nitrogen and oxygen atoms in total. The second-order valence-electron chi connectivity index (χ2n) is 4.91. The molecule has 16 heavy (non-hydrogen) atoms. The molecule has 0 amide bonds. The molecule has 3 atom stereocenters. The van der Waals surface area contributed by atoms with Crippen molar-refractivity contribution in [1.82, 2.24) is 9.97 Å². The summed E-state index contributed by atoms with van der Waals surface area (Å²) in [5.41, 5.74) is 0. The van der Waals surface area contributed by atoms with Crippen LogP contribution in [0.25, 0.3) is 0 Å². The van der Waals surface area contributed by atoms with E-state index in [9.17, 15) is 0 Å². The molecule has 0 aromatic carbocycles. The summed E-state index contributed by atoms with van der Waals surface area (Å²) in [5.74, 6) is 2.35. The molecule has 1 saturated heterocycles. The standard InChI is InChI=1S/C12H18ClN3/c1-8-4-9(2)10(3)16(6-8)12-5-11(13)14-7-15-12/h5,7-10H,4,6H2,1-3H3. The van der Waals surface area contributed by atoms with Crippen LogP contribution in [0.1, 0.15) is 27.2 Å². The average Bonchev–Trinajstić information content (AvgIpc) is 2.23. The van der Waals surface area contributed by atoms with Crippen molar-refractivity contribution in [2.45, 2.75) is 33.2 Å². The van der Waals surface area contributed by atoms with Crippen LogP contribution in [0.3, 0.4) is 0 Å². The quantitative estimate of drug-likeness (QED) is 0.706. The lowest BCUT2D eigenvalue weighted by molar-refractivity contribution is 0.295.